The SMILES string of the molecule is NCCNNC(N)=S.[NaH]. The van der Waals surface area contributed by atoms with Crippen LogP contribution in [0.3, 0.4) is 0 Å². The summed E-state index contributed by atoms with van der Waals surface area (Å²) in [6.07, 6.45) is 0. The third-order valence-corrected chi connectivity index (χ3v) is 0.583. The number of thiocarbonyl (C=S) groups is 1. The molecule has 6 N–H and O–H groups in total. The molecule has 0 rings (SSSR count). The normalized spacial score (nSPS) is 7.67. The minimum atomic E-state index is 0. The third kappa shape index (κ3) is 12.0. The zero-order valence-electron chi connectivity index (χ0n) is 4.48. The monoisotopic (exact) mass is 158 g/mol. The van der Waals surface area contributed by atoms with Gasteiger partial charge in [-0.15, -0.1) is 0 Å². The Bertz CT molecular complexity index is 78.2. The van der Waals surface area contributed by atoms with E-state index in [0.717, 1.165) is 0 Å². The number of hydrazine groups is 1. The molecule has 0 amide bonds. The van der Waals surface area contributed by atoms with Crippen LogP contribution in [0, 0.1) is 0 Å². The Balaban J connectivity index is 0. The first kappa shape index (κ1) is 12.3. The summed E-state index contributed by atoms with van der Waals surface area (Å²) in [5.41, 5.74) is 15.4. The zero-order chi connectivity index (χ0) is 6.41. The van der Waals surface area contributed by atoms with Crippen LogP contribution >= 0.6 is 12.2 Å². The molecule has 6 heteroatoms. The van der Waals surface area contributed by atoms with Gasteiger partial charge in [0.05, 0.1) is 0 Å². The molecular formula is C3H11N4NaS. The molecular weight excluding hydrogens is 147 g/mol. The minimum absolute atomic E-state index is 0. The van der Waals surface area contributed by atoms with Gasteiger partial charge in [0, 0.05) is 13.1 Å². The molecule has 0 atom stereocenters. The van der Waals surface area contributed by atoms with E-state index >= 15 is 0 Å². The van der Waals surface area contributed by atoms with E-state index in [0.29, 0.717) is 13.1 Å². The Morgan fingerprint density at radius 1 is 1.56 bits per heavy atom. The predicted octanol–water partition coefficient (Wildman–Crippen LogP) is -2.37. The summed E-state index contributed by atoms with van der Waals surface area (Å²) in [6, 6.07) is 0. The molecule has 0 aromatic rings. The molecule has 9 heavy (non-hydrogen) atoms. The van der Waals surface area contributed by atoms with Crippen LogP contribution in [0.5, 0.6) is 0 Å². The summed E-state index contributed by atoms with van der Waals surface area (Å²) in [5.74, 6) is 0. The van der Waals surface area contributed by atoms with Crippen molar-refractivity contribution in [3.63, 3.8) is 0 Å². The number of nitrogens with one attached hydrogen (secondary N) is 2. The maximum atomic E-state index is 5.13. The van der Waals surface area contributed by atoms with Crippen molar-refractivity contribution in [2.75, 3.05) is 13.1 Å². The maximum absolute atomic E-state index is 5.13. The van der Waals surface area contributed by atoms with E-state index in [1.54, 1.807) is 0 Å². The number of nitrogens with two attached hydrogens (primary N) is 2. The molecule has 0 radical (unpaired) electrons. The van der Waals surface area contributed by atoms with Gasteiger partial charge in [-0.2, -0.15) is 0 Å². The second kappa shape index (κ2) is 8.61. The van der Waals surface area contributed by atoms with E-state index in [2.05, 4.69) is 23.1 Å². The van der Waals surface area contributed by atoms with Crippen LogP contribution in [-0.4, -0.2) is 47.8 Å². The quantitative estimate of drug-likeness (QED) is 0.160. The van der Waals surface area contributed by atoms with Crippen LogP contribution < -0.4 is 22.3 Å². The molecule has 0 aliphatic rings. The summed E-state index contributed by atoms with van der Waals surface area (Å²) in [4.78, 5) is 0. The molecule has 0 bridgehead atoms. The first-order chi connectivity index (χ1) is 3.77. The average Bonchev–Trinajstić information content (AvgIpc) is 1.66. The van der Waals surface area contributed by atoms with Crippen molar-refractivity contribution in [2.45, 2.75) is 0 Å². The van der Waals surface area contributed by atoms with Gasteiger partial charge in [-0.25, -0.2) is 5.43 Å². The van der Waals surface area contributed by atoms with E-state index in [1.807, 2.05) is 0 Å². The summed E-state index contributed by atoms with van der Waals surface area (Å²) in [5, 5.41) is 0.235. The molecule has 50 valence electrons. The summed E-state index contributed by atoms with van der Waals surface area (Å²) >= 11 is 4.47. The molecule has 0 saturated carbocycles. The Morgan fingerprint density at radius 3 is 2.44 bits per heavy atom. The van der Waals surface area contributed by atoms with Crippen molar-refractivity contribution in [3.05, 3.63) is 0 Å². The van der Waals surface area contributed by atoms with Crippen molar-refractivity contribution in [1.82, 2.24) is 10.9 Å². The van der Waals surface area contributed by atoms with Gasteiger partial charge in [0.25, 0.3) is 0 Å². The van der Waals surface area contributed by atoms with Crippen molar-refractivity contribution in [3.8, 4) is 0 Å². The Hall–Kier alpha value is 0.610. The van der Waals surface area contributed by atoms with Crippen LogP contribution in [0.15, 0.2) is 0 Å². The number of hydrogen-bond acceptors (Lipinski definition) is 3. The van der Waals surface area contributed by atoms with E-state index in [4.69, 9.17) is 11.5 Å². The topological polar surface area (TPSA) is 76.1 Å². The second-order valence-corrected chi connectivity index (χ2v) is 1.64. The first-order valence-corrected chi connectivity index (χ1v) is 2.66. The van der Waals surface area contributed by atoms with Gasteiger partial charge in [-0.3, -0.25) is 5.43 Å². The molecule has 0 aromatic carbocycles. The fourth-order valence-corrected chi connectivity index (χ4v) is 0.294. The van der Waals surface area contributed by atoms with Crippen molar-refractivity contribution in [2.24, 2.45) is 11.5 Å². The molecule has 0 saturated heterocycles. The van der Waals surface area contributed by atoms with Gasteiger partial charge < -0.3 is 11.5 Å². The summed E-state index contributed by atoms with van der Waals surface area (Å²) in [6.45, 7) is 1.23. The molecule has 4 nitrogen and oxygen atoms in total. The van der Waals surface area contributed by atoms with Crippen LogP contribution in [0.4, 0.5) is 0 Å². The Labute approximate surface area is 82.0 Å². The van der Waals surface area contributed by atoms with Crippen LogP contribution in [0.1, 0.15) is 0 Å². The predicted molar refractivity (Wildman–Crippen MR) is 44.1 cm³/mol. The number of rotatable bonds is 3. The van der Waals surface area contributed by atoms with Gasteiger partial charge in [-0.05, 0) is 12.2 Å². The van der Waals surface area contributed by atoms with Gasteiger partial charge in [-0.1, -0.05) is 0 Å². The molecule has 0 aliphatic carbocycles. The molecule has 0 fully saturated rings. The fourth-order valence-electron chi connectivity index (χ4n) is 0.222. The van der Waals surface area contributed by atoms with Crippen LogP contribution in [-0.2, 0) is 0 Å². The van der Waals surface area contributed by atoms with Gasteiger partial charge >= 0.3 is 29.6 Å². The third-order valence-electron chi connectivity index (χ3n) is 0.481. The average molecular weight is 158 g/mol. The Morgan fingerprint density at radius 2 is 2.11 bits per heavy atom. The van der Waals surface area contributed by atoms with Gasteiger partial charge in [0.1, 0.15) is 0 Å². The zero-order valence-corrected chi connectivity index (χ0v) is 5.29. The summed E-state index contributed by atoms with van der Waals surface area (Å²) in [7, 11) is 0. The van der Waals surface area contributed by atoms with Crippen LogP contribution in [0.2, 0.25) is 0 Å². The van der Waals surface area contributed by atoms with E-state index < -0.39 is 0 Å². The van der Waals surface area contributed by atoms with Crippen molar-refractivity contribution < 1.29 is 0 Å². The fraction of sp³-hybridized carbons (Fsp3) is 0.667. The van der Waals surface area contributed by atoms with Gasteiger partial charge in [0.2, 0.25) is 0 Å². The summed E-state index contributed by atoms with van der Waals surface area (Å²) < 4.78 is 0. The van der Waals surface area contributed by atoms with Crippen molar-refractivity contribution >= 4 is 46.9 Å². The van der Waals surface area contributed by atoms with E-state index in [-0.39, 0.29) is 34.7 Å². The van der Waals surface area contributed by atoms with E-state index in [1.165, 1.54) is 0 Å². The molecule has 0 heterocycles. The Kier molecular flexibility index (Phi) is 11.8. The number of hydrogen-bond donors (Lipinski definition) is 4. The van der Waals surface area contributed by atoms with Crippen molar-refractivity contribution in [1.29, 1.82) is 0 Å². The molecule has 0 aromatic heterocycles. The molecule has 0 unspecified atom stereocenters. The van der Waals surface area contributed by atoms with Crippen LogP contribution in [0.25, 0.3) is 0 Å². The van der Waals surface area contributed by atoms with Gasteiger partial charge in [0.15, 0.2) is 5.11 Å². The van der Waals surface area contributed by atoms with E-state index in [9.17, 15) is 0 Å². The molecule has 0 spiro atoms. The molecule has 0 aliphatic heterocycles. The first-order valence-electron chi connectivity index (χ1n) is 2.25. The standard InChI is InChI=1S/C3H10N4S.Na.H/c4-1-2-6-7-3(5)8;;/h6H,1-2,4H2,(H3,5,7,8);;. The second-order valence-electron chi connectivity index (χ2n) is 1.20.